The summed E-state index contributed by atoms with van der Waals surface area (Å²) in [6.07, 6.45) is -0.474. The van der Waals surface area contributed by atoms with Gasteiger partial charge in [0.2, 0.25) is 0 Å². The molecule has 2 amide bonds. The number of fused-ring (bicyclic) bond motifs is 1. The van der Waals surface area contributed by atoms with Gasteiger partial charge in [-0.3, -0.25) is 4.79 Å². The summed E-state index contributed by atoms with van der Waals surface area (Å²) in [7, 11) is 0. The second-order valence-corrected chi connectivity index (χ2v) is 4.80. The highest BCUT2D eigenvalue weighted by molar-refractivity contribution is 5.74. The third-order valence-corrected chi connectivity index (χ3v) is 3.21. The van der Waals surface area contributed by atoms with E-state index in [2.05, 4.69) is 10.6 Å². The predicted molar refractivity (Wildman–Crippen MR) is 74.1 cm³/mol. The van der Waals surface area contributed by atoms with E-state index in [0.29, 0.717) is 17.7 Å². The van der Waals surface area contributed by atoms with Crippen molar-refractivity contribution >= 4 is 12.0 Å². The normalized spacial score (nSPS) is 20.0. The Labute approximate surface area is 121 Å². The van der Waals surface area contributed by atoms with Gasteiger partial charge in [-0.05, 0) is 12.5 Å². The number of rotatable bonds is 5. The molecule has 4 N–H and O–H groups in total. The molecule has 0 radical (unpaired) electrons. The molecule has 0 saturated carbocycles. The monoisotopic (exact) mass is 294 g/mol. The quantitative estimate of drug-likeness (QED) is 0.596. The van der Waals surface area contributed by atoms with E-state index in [4.69, 9.17) is 9.84 Å². The number of hydrogen-bond donors (Lipinski definition) is 4. The summed E-state index contributed by atoms with van der Waals surface area (Å²) in [5, 5.41) is 23.9. The van der Waals surface area contributed by atoms with Crippen molar-refractivity contribution < 1.29 is 24.5 Å². The molecule has 0 aromatic heterocycles. The summed E-state index contributed by atoms with van der Waals surface area (Å²) >= 11 is 0. The van der Waals surface area contributed by atoms with Crippen molar-refractivity contribution in [2.45, 2.75) is 25.0 Å². The highest BCUT2D eigenvalue weighted by Gasteiger charge is 2.30. The molecule has 7 nitrogen and oxygen atoms in total. The minimum atomic E-state index is -0.898. The molecule has 2 unspecified atom stereocenters. The number of nitrogens with one attached hydrogen (secondary N) is 2. The van der Waals surface area contributed by atoms with E-state index in [0.717, 1.165) is 0 Å². The number of aliphatic hydroxyl groups is 1. The van der Waals surface area contributed by atoms with Crippen molar-refractivity contribution in [1.29, 1.82) is 0 Å². The van der Waals surface area contributed by atoms with Crippen LogP contribution in [-0.2, 0) is 4.79 Å². The molecule has 2 atom stereocenters. The number of aliphatic hydroxyl groups excluding tert-OH is 1. The number of ether oxygens (including phenoxy) is 1. The van der Waals surface area contributed by atoms with Crippen LogP contribution in [-0.4, -0.2) is 41.4 Å². The molecule has 114 valence electrons. The fourth-order valence-electron chi connectivity index (χ4n) is 2.13. The third-order valence-electron chi connectivity index (χ3n) is 3.21. The number of hydrogen-bond acceptors (Lipinski definition) is 4. The predicted octanol–water partition coefficient (Wildman–Crippen LogP) is 0.645. The lowest BCUT2D eigenvalue weighted by molar-refractivity contribution is -0.137. The zero-order chi connectivity index (χ0) is 15.2. The number of carbonyl (C=O) groups is 2. The Bertz CT molecular complexity index is 520. The lowest BCUT2D eigenvalue weighted by Gasteiger charge is -2.30. The van der Waals surface area contributed by atoms with Gasteiger partial charge < -0.3 is 25.6 Å². The van der Waals surface area contributed by atoms with Crippen molar-refractivity contribution in [3.8, 4) is 5.75 Å². The van der Waals surface area contributed by atoms with Gasteiger partial charge >= 0.3 is 12.0 Å². The van der Waals surface area contributed by atoms with Crippen LogP contribution in [0.3, 0.4) is 0 Å². The number of urea groups is 1. The average Bonchev–Trinajstić information content (AvgIpc) is 2.47. The van der Waals surface area contributed by atoms with Crippen molar-refractivity contribution in [2.75, 3.05) is 13.2 Å². The summed E-state index contributed by atoms with van der Waals surface area (Å²) in [4.78, 5) is 22.0. The van der Waals surface area contributed by atoms with Crippen LogP contribution < -0.4 is 15.4 Å². The van der Waals surface area contributed by atoms with Crippen LogP contribution in [0.15, 0.2) is 24.3 Å². The second kappa shape index (κ2) is 6.94. The topological polar surface area (TPSA) is 108 Å². The average molecular weight is 294 g/mol. The fourth-order valence-corrected chi connectivity index (χ4v) is 2.13. The van der Waals surface area contributed by atoms with Gasteiger partial charge in [0, 0.05) is 18.5 Å². The minimum Gasteiger partial charge on any atom is -0.491 e. The Morgan fingerprint density at radius 3 is 2.86 bits per heavy atom. The first-order chi connectivity index (χ1) is 10.1. The summed E-state index contributed by atoms with van der Waals surface area (Å²) in [5.41, 5.74) is 0.639. The number of amides is 2. The smallest absolute Gasteiger partial charge is 0.315 e. The number of carbonyl (C=O) groups excluding carboxylic acids is 1. The van der Waals surface area contributed by atoms with E-state index >= 15 is 0 Å². The van der Waals surface area contributed by atoms with Gasteiger partial charge in [0.1, 0.15) is 18.5 Å². The van der Waals surface area contributed by atoms with Crippen LogP contribution >= 0.6 is 0 Å². The summed E-state index contributed by atoms with van der Waals surface area (Å²) in [6, 6.07) is 6.12. The first-order valence-electron chi connectivity index (χ1n) is 6.74. The van der Waals surface area contributed by atoms with Crippen molar-refractivity contribution in [3.63, 3.8) is 0 Å². The van der Waals surface area contributed by atoms with Gasteiger partial charge in [-0.25, -0.2) is 4.79 Å². The van der Waals surface area contributed by atoms with Gasteiger partial charge in [-0.15, -0.1) is 0 Å². The van der Waals surface area contributed by atoms with E-state index in [-0.39, 0.29) is 19.6 Å². The molecule has 1 aromatic carbocycles. The molecule has 0 fully saturated rings. The Morgan fingerprint density at radius 2 is 2.10 bits per heavy atom. The summed E-state index contributed by atoms with van der Waals surface area (Å²) < 4.78 is 5.48. The van der Waals surface area contributed by atoms with Gasteiger partial charge in [0.05, 0.1) is 6.04 Å². The van der Waals surface area contributed by atoms with E-state index < -0.39 is 24.1 Å². The minimum absolute atomic E-state index is 0.00280. The largest absolute Gasteiger partial charge is 0.491 e. The van der Waals surface area contributed by atoms with Crippen LogP contribution in [0.25, 0.3) is 0 Å². The van der Waals surface area contributed by atoms with Crippen molar-refractivity contribution in [1.82, 2.24) is 10.6 Å². The number of para-hydroxylation sites is 1. The molecule has 1 aliphatic heterocycles. The molecule has 1 heterocycles. The number of benzene rings is 1. The molecule has 1 aromatic rings. The number of carboxylic acids is 1. The van der Waals surface area contributed by atoms with E-state index in [1.54, 1.807) is 18.2 Å². The first kappa shape index (κ1) is 15.1. The fraction of sp³-hybridized carbons (Fsp3) is 0.429. The molecule has 2 rings (SSSR count). The highest BCUT2D eigenvalue weighted by atomic mass is 16.5. The number of carboxylic acid groups (broad SMARTS) is 1. The molecule has 1 aliphatic rings. The molecule has 21 heavy (non-hydrogen) atoms. The van der Waals surface area contributed by atoms with E-state index in [9.17, 15) is 14.7 Å². The van der Waals surface area contributed by atoms with Crippen LogP contribution in [0.1, 0.15) is 24.5 Å². The van der Waals surface area contributed by atoms with Crippen molar-refractivity contribution in [3.05, 3.63) is 29.8 Å². The zero-order valence-electron chi connectivity index (χ0n) is 11.4. The maximum absolute atomic E-state index is 11.7. The maximum atomic E-state index is 11.7. The van der Waals surface area contributed by atoms with E-state index in [1.807, 2.05) is 6.07 Å². The molecule has 0 spiro atoms. The molecular weight excluding hydrogens is 276 g/mol. The molecule has 7 heteroatoms. The van der Waals surface area contributed by atoms with Gasteiger partial charge in [-0.1, -0.05) is 18.2 Å². The lowest BCUT2D eigenvalue weighted by Crippen LogP contribution is -2.49. The van der Waals surface area contributed by atoms with Gasteiger partial charge in [0.25, 0.3) is 0 Å². The maximum Gasteiger partial charge on any atom is 0.315 e. The lowest BCUT2D eigenvalue weighted by atomic mass is 9.99. The Kier molecular flexibility index (Phi) is 4.99. The molecule has 0 aliphatic carbocycles. The highest BCUT2D eigenvalue weighted by Crippen LogP contribution is 2.31. The van der Waals surface area contributed by atoms with Crippen LogP contribution in [0.2, 0.25) is 0 Å². The third kappa shape index (κ3) is 4.09. The van der Waals surface area contributed by atoms with Crippen LogP contribution in [0.4, 0.5) is 4.79 Å². The molecule has 0 saturated heterocycles. The van der Waals surface area contributed by atoms with Crippen LogP contribution in [0, 0.1) is 0 Å². The number of aliphatic carboxylic acids is 1. The van der Waals surface area contributed by atoms with E-state index in [1.165, 1.54) is 0 Å². The Morgan fingerprint density at radius 1 is 1.33 bits per heavy atom. The molecule has 0 bridgehead atoms. The summed E-state index contributed by atoms with van der Waals surface area (Å²) in [6.45, 7) is 0.444. The Hall–Kier alpha value is -2.28. The molecular formula is C14H18N2O5. The zero-order valence-corrected chi connectivity index (χ0v) is 11.4. The standard InChI is InChI=1S/C14H18N2O5/c17-12(18)6-3-7-15-14(20)16-10-8-21-11-5-2-1-4-9(11)13(10)19/h1-2,4-5,10,13,19H,3,6-8H2,(H,17,18)(H2,15,16,20). The van der Waals surface area contributed by atoms with Gasteiger partial charge in [0.15, 0.2) is 0 Å². The van der Waals surface area contributed by atoms with Crippen LogP contribution in [0.5, 0.6) is 5.75 Å². The SMILES string of the molecule is O=C(O)CCCNC(=O)NC1COc2ccccc2C1O. The Balaban J connectivity index is 1.81. The van der Waals surface area contributed by atoms with Gasteiger partial charge in [-0.2, -0.15) is 0 Å². The second-order valence-electron chi connectivity index (χ2n) is 4.80. The first-order valence-corrected chi connectivity index (χ1v) is 6.74. The van der Waals surface area contributed by atoms with Crippen molar-refractivity contribution in [2.24, 2.45) is 0 Å². The summed E-state index contributed by atoms with van der Waals surface area (Å²) in [5.74, 6) is -0.283.